The molecule has 2 N–H and O–H groups in total. The van der Waals surface area contributed by atoms with Gasteiger partial charge in [0, 0.05) is 22.6 Å². The van der Waals surface area contributed by atoms with Crippen molar-refractivity contribution in [2.45, 2.75) is 0 Å². The summed E-state index contributed by atoms with van der Waals surface area (Å²) in [5.41, 5.74) is 0.525. The second-order valence-corrected chi connectivity index (χ2v) is 4.40. The molecular formula is C12H9BrN4O2. The van der Waals surface area contributed by atoms with Crippen LogP contribution in [-0.2, 0) is 9.59 Å². The lowest BCUT2D eigenvalue weighted by Gasteiger charge is -2.05. The molecule has 7 heteroatoms. The molecule has 2 rings (SSSR count). The number of anilines is 2. The molecule has 0 bridgehead atoms. The Kier molecular flexibility index (Phi) is 4.19. The van der Waals surface area contributed by atoms with Gasteiger partial charge in [-0.15, -0.1) is 0 Å². The predicted octanol–water partition coefficient (Wildman–Crippen LogP) is 1.82. The van der Waals surface area contributed by atoms with E-state index in [0.717, 1.165) is 4.47 Å². The number of nitrogens with one attached hydrogen (secondary N) is 2. The fourth-order valence-electron chi connectivity index (χ4n) is 1.24. The summed E-state index contributed by atoms with van der Waals surface area (Å²) in [6.07, 6.45) is 2.94. The largest absolute Gasteiger partial charge is 0.318 e. The third kappa shape index (κ3) is 3.85. The van der Waals surface area contributed by atoms with Crippen LogP contribution < -0.4 is 10.6 Å². The van der Waals surface area contributed by atoms with Gasteiger partial charge < -0.3 is 5.32 Å². The Morgan fingerprint density at radius 1 is 0.947 bits per heavy atom. The first kappa shape index (κ1) is 13.2. The van der Waals surface area contributed by atoms with E-state index in [4.69, 9.17) is 0 Å². The molecule has 0 aliphatic rings. The Bertz CT molecular complexity index is 586. The van der Waals surface area contributed by atoms with E-state index in [1.807, 2.05) is 0 Å². The molecule has 19 heavy (non-hydrogen) atoms. The lowest BCUT2D eigenvalue weighted by Crippen LogP contribution is -2.29. The van der Waals surface area contributed by atoms with Gasteiger partial charge in [0.2, 0.25) is 5.95 Å². The summed E-state index contributed by atoms with van der Waals surface area (Å²) in [5, 5.41) is 4.75. The highest BCUT2D eigenvalue weighted by atomic mass is 79.9. The maximum atomic E-state index is 11.6. The minimum Gasteiger partial charge on any atom is -0.318 e. The highest BCUT2D eigenvalue weighted by Crippen LogP contribution is 2.13. The molecule has 0 aliphatic heterocycles. The Morgan fingerprint density at radius 3 is 2.16 bits per heavy atom. The summed E-state index contributed by atoms with van der Waals surface area (Å²) in [6.45, 7) is 0. The van der Waals surface area contributed by atoms with Crippen molar-refractivity contribution < 1.29 is 9.59 Å². The molecule has 0 saturated heterocycles. The highest BCUT2D eigenvalue weighted by Gasteiger charge is 2.14. The number of hydrogen-bond donors (Lipinski definition) is 2. The van der Waals surface area contributed by atoms with E-state index in [1.165, 1.54) is 12.4 Å². The zero-order valence-electron chi connectivity index (χ0n) is 9.63. The lowest BCUT2D eigenvalue weighted by molar-refractivity contribution is -0.133. The molecule has 1 aromatic heterocycles. The molecule has 2 amide bonds. The van der Waals surface area contributed by atoms with E-state index < -0.39 is 11.8 Å². The van der Waals surface area contributed by atoms with Crippen molar-refractivity contribution in [2.24, 2.45) is 0 Å². The van der Waals surface area contributed by atoms with E-state index in [-0.39, 0.29) is 5.95 Å². The predicted molar refractivity (Wildman–Crippen MR) is 73.4 cm³/mol. The second kappa shape index (κ2) is 6.05. The van der Waals surface area contributed by atoms with Crippen LogP contribution in [-0.4, -0.2) is 21.8 Å². The number of amides is 2. The standard InChI is InChI=1S/C12H9BrN4O2/c13-8-2-4-9(5-3-8)16-10(18)11(19)17-12-14-6-1-7-15-12/h1-7H,(H,16,18)(H,14,15,17,19). The van der Waals surface area contributed by atoms with Crippen molar-refractivity contribution in [1.82, 2.24) is 9.97 Å². The first-order valence-corrected chi connectivity index (χ1v) is 6.09. The number of halogens is 1. The number of aromatic nitrogens is 2. The maximum Gasteiger partial charge on any atom is 0.316 e. The fraction of sp³-hybridized carbons (Fsp3) is 0. The van der Waals surface area contributed by atoms with Crippen LogP contribution in [0.2, 0.25) is 0 Å². The SMILES string of the molecule is O=C(Nc1ccc(Br)cc1)C(=O)Nc1ncccn1. The van der Waals surface area contributed by atoms with Crippen LogP contribution in [0.5, 0.6) is 0 Å². The van der Waals surface area contributed by atoms with Gasteiger partial charge in [-0.25, -0.2) is 9.97 Å². The highest BCUT2D eigenvalue weighted by molar-refractivity contribution is 9.10. The molecular weight excluding hydrogens is 312 g/mol. The molecule has 96 valence electrons. The summed E-state index contributed by atoms with van der Waals surface area (Å²) in [4.78, 5) is 30.8. The van der Waals surface area contributed by atoms with E-state index in [2.05, 4.69) is 36.5 Å². The Morgan fingerprint density at radius 2 is 1.53 bits per heavy atom. The average molecular weight is 321 g/mol. The molecule has 0 spiro atoms. The zero-order valence-corrected chi connectivity index (χ0v) is 11.2. The van der Waals surface area contributed by atoms with Gasteiger partial charge in [-0.3, -0.25) is 14.9 Å². The van der Waals surface area contributed by atoms with Crippen LogP contribution >= 0.6 is 15.9 Å². The Balaban J connectivity index is 1.96. The number of rotatable bonds is 2. The first-order valence-electron chi connectivity index (χ1n) is 5.30. The van der Waals surface area contributed by atoms with Crippen molar-refractivity contribution in [3.05, 3.63) is 47.2 Å². The van der Waals surface area contributed by atoms with Gasteiger partial charge >= 0.3 is 11.8 Å². The quantitative estimate of drug-likeness (QED) is 0.827. The molecule has 0 fully saturated rings. The number of hydrogen-bond acceptors (Lipinski definition) is 4. The molecule has 1 heterocycles. The van der Waals surface area contributed by atoms with Crippen molar-refractivity contribution in [3.63, 3.8) is 0 Å². The van der Waals surface area contributed by atoms with Gasteiger partial charge in [0.25, 0.3) is 0 Å². The number of carbonyl (C=O) groups excluding carboxylic acids is 2. The third-order valence-electron chi connectivity index (χ3n) is 2.10. The number of nitrogens with zero attached hydrogens (tertiary/aromatic N) is 2. The molecule has 6 nitrogen and oxygen atoms in total. The average Bonchev–Trinajstić information content (AvgIpc) is 2.42. The zero-order chi connectivity index (χ0) is 13.7. The van der Waals surface area contributed by atoms with Crippen LogP contribution in [0, 0.1) is 0 Å². The van der Waals surface area contributed by atoms with Crippen molar-refractivity contribution in [1.29, 1.82) is 0 Å². The monoisotopic (exact) mass is 320 g/mol. The van der Waals surface area contributed by atoms with Gasteiger partial charge in [0.1, 0.15) is 0 Å². The lowest BCUT2D eigenvalue weighted by atomic mass is 10.3. The van der Waals surface area contributed by atoms with Crippen LogP contribution in [0.15, 0.2) is 47.2 Å². The fourth-order valence-corrected chi connectivity index (χ4v) is 1.51. The minimum absolute atomic E-state index is 0.0819. The van der Waals surface area contributed by atoms with Crippen molar-refractivity contribution >= 4 is 39.4 Å². The number of carbonyl (C=O) groups is 2. The summed E-state index contributed by atoms with van der Waals surface area (Å²) in [6, 6.07) is 8.47. The minimum atomic E-state index is -0.825. The van der Waals surface area contributed by atoms with Crippen molar-refractivity contribution in [2.75, 3.05) is 10.6 Å². The summed E-state index contributed by atoms with van der Waals surface area (Å²) >= 11 is 3.28. The Hall–Kier alpha value is -2.28. The summed E-state index contributed by atoms with van der Waals surface area (Å²) in [5.74, 6) is -1.53. The van der Waals surface area contributed by atoms with Gasteiger partial charge in [-0.05, 0) is 30.3 Å². The molecule has 2 aromatic rings. The van der Waals surface area contributed by atoms with E-state index >= 15 is 0 Å². The van der Waals surface area contributed by atoms with Crippen LogP contribution in [0.1, 0.15) is 0 Å². The normalized spacial score (nSPS) is 9.74. The molecule has 0 unspecified atom stereocenters. The van der Waals surface area contributed by atoms with E-state index in [1.54, 1.807) is 30.3 Å². The maximum absolute atomic E-state index is 11.6. The van der Waals surface area contributed by atoms with Crippen LogP contribution in [0.4, 0.5) is 11.6 Å². The summed E-state index contributed by atoms with van der Waals surface area (Å²) in [7, 11) is 0. The Labute approximate surface area is 117 Å². The van der Waals surface area contributed by atoms with E-state index in [0.29, 0.717) is 5.69 Å². The van der Waals surface area contributed by atoms with Crippen molar-refractivity contribution in [3.8, 4) is 0 Å². The van der Waals surface area contributed by atoms with Gasteiger partial charge in [-0.2, -0.15) is 0 Å². The molecule has 0 radical (unpaired) electrons. The smallest absolute Gasteiger partial charge is 0.316 e. The third-order valence-corrected chi connectivity index (χ3v) is 2.63. The van der Waals surface area contributed by atoms with Gasteiger partial charge in [0.05, 0.1) is 0 Å². The summed E-state index contributed by atoms with van der Waals surface area (Å²) < 4.78 is 0.882. The van der Waals surface area contributed by atoms with Crippen LogP contribution in [0.25, 0.3) is 0 Å². The molecule has 0 saturated carbocycles. The van der Waals surface area contributed by atoms with Gasteiger partial charge in [0.15, 0.2) is 0 Å². The van der Waals surface area contributed by atoms with Gasteiger partial charge in [-0.1, -0.05) is 15.9 Å². The topological polar surface area (TPSA) is 84.0 Å². The number of benzene rings is 1. The second-order valence-electron chi connectivity index (χ2n) is 3.49. The van der Waals surface area contributed by atoms with E-state index in [9.17, 15) is 9.59 Å². The molecule has 1 aromatic carbocycles. The first-order chi connectivity index (χ1) is 9.15. The molecule has 0 atom stereocenters. The molecule has 0 aliphatic carbocycles. The van der Waals surface area contributed by atoms with Crippen LogP contribution in [0.3, 0.4) is 0 Å².